The van der Waals surface area contributed by atoms with Crippen molar-refractivity contribution in [1.82, 2.24) is 5.32 Å². The van der Waals surface area contributed by atoms with Gasteiger partial charge in [-0.05, 0) is 71.1 Å². The van der Waals surface area contributed by atoms with E-state index in [-0.39, 0.29) is 17.3 Å². The lowest BCUT2D eigenvalue weighted by molar-refractivity contribution is -0.384. The summed E-state index contributed by atoms with van der Waals surface area (Å²) in [5.74, 6) is -0.917. The highest BCUT2D eigenvalue weighted by molar-refractivity contribution is 8.00. The number of hydrogen-bond acceptors (Lipinski definition) is 6. The molecule has 0 heterocycles. The lowest BCUT2D eigenvalue weighted by Gasteiger charge is -2.18. The molecule has 3 amide bonds. The fourth-order valence-corrected chi connectivity index (χ4v) is 5.93. The molecule has 0 aliphatic heterocycles. The summed E-state index contributed by atoms with van der Waals surface area (Å²) in [4.78, 5) is 51.6. The molecule has 0 spiro atoms. The summed E-state index contributed by atoms with van der Waals surface area (Å²) < 4.78 is 0. The van der Waals surface area contributed by atoms with Gasteiger partial charge in [0.2, 0.25) is 5.91 Å². The van der Waals surface area contributed by atoms with Crippen LogP contribution in [0.15, 0.2) is 144 Å². The number of carbonyl (C=O) groups is 3. The number of rotatable bonds is 12. The van der Waals surface area contributed by atoms with Gasteiger partial charge in [0.05, 0.1) is 4.92 Å². The molecule has 5 aromatic rings. The van der Waals surface area contributed by atoms with E-state index in [1.165, 1.54) is 36.0 Å². The van der Waals surface area contributed by atoms with Gasteiger partial charge >= 0.3 is 0 Å². The minimum atomic E-state index is -0.684. The van der Waals surface area contributed by atoms with Crippen LogP contribution < -0.4 is 16.0 Å². The third-order valence-corrected chi connectivity index (χ3v) is 8.72. The van der Waals surface area contributed by atoms with Crippen molar-refractivity contribution in [2.45, 2.75) is 29.9 Å². The lowest BCUT2D eigenvalue weighted by atomic mass is 10.0. The largest absolute Gasteiger partial charge is 0.325 e. The van der Waals surface area contributed by atoms with Gasteiger partial charge in [0.1, 0.15) is 10.9 Å². The van der Waals surface area contributed by atoms with E-state index in [2.05, 4.69) is 29.8 Å². The van der Waals surface area contributed by atoms with Crippen molar-refractivity contribution in [3.63, 3.8) is 0 Å². The molecule has 0 aliphatic rings. The van der Waals surface area contributed by atoms with Crippen molar-refractivity contribution >= 4 is 52.6 Å². The van der Waals surface area contributed by atoms with Crippen LogP contribution in [0.25, 0.3) is 6.08 Å². The number of nitrogens with zero attached hydrogens (tertiary/aromatic N) is 1. The molecule has 5 rings (SSSR count). The van der Waals surface area contributed by atoms with Crippen LogP contribution in [-0.2, 0) is 9.59 Å². The Kier molecular flexibility index (Phi) is 11.4. The monoisotopic (exact) mass is 670 g/mol. The van der Waals surface area contributed by atoms with E-state index in [0.717, 1.165) is 16.7 Å². The number of amides is 3. The maximum atomic E-state index is 13.7. The number of hydrogen-bond donors (Lipinski definition) is 3. The van der Waals surface area contributed by atoms with Crippen LogP contribution in [0.5, 0.6) is 0 Å². The number of non-ortho nitro benzene ring substituents is 1. The van der Waals surface area contributed by atoms with Gasteiger partial charge in [-0.2, -0.15) is 0 Å². The van der Waals surface area contributed by atoms with Crippen molar-refractivity contribution in [2.24, 2.45) is 0 Å². The minimum absolute atomic E-state index is 0.0637. The topological polar surface area (TPSA) is 130 Å². The zero-order valence-electron chi connectivity index (χ0n) is 26.8. The molecule has 1 atom stereocenters. The third-order valence-electron chi connectivity index (χ3n) is 7.47. The predicted molar refractivity (Wildman–Crippen MR) is 194 cm³/mol. The Labute approximate surface area is 288 Å². The number of carbonyl (C=O) groups excluding carboxylic acids is 3. The van der Waals surface area contributed by atoms with Crippen molar-refractivity contribution in [3.05, 3.63) is 172 Å². The second-order valence-electron chi connectivity index (χ2n) is 11.4. The van der Waals surface area contributed by atoms with Crippen molar-refractivity contribution in [2.75, 3.05) is 10.6 Å². The van der Waals surface area contributed by atoms with Gasteiger partial charge < -0.3 is 16.0 Å². The fourth-order valence-electron chi connectivity index (χ4n) is 4.84. The molecule has 0 fully saturated rings. The van der Waals surface area contributed by atoms with Gasteiger partial charge in [-0.3, -0.25) is 24.5 Å². The van der Waals surface area contributed by atoms with Crippen molar-refractivity contribution < 1.29 is 19.3 Å². The number of thioether (sulfide) groups is 1. The van der Waals surface area contributed by atoms with E-state index >= 15 is 0 Å². The Morgan fingerprint density at radius 1 is 0.714 bits per heavy atom. The first-order chi connectivity index (χ1) is 23.7. The molecule has 0 radical (unpaired) electrons. The fraction of sp³-hybridized carbons (Fsp3) is 0.103. The summed E-state index contributed by atoms with van der Waals surface area (Å²) in [6.07, 6.45) is 1.63. The van der Waals surface area contributed by atoms with Crippen molar-refractivity contribution in [3.8, 4) is 0 Å². The van der Waals surface area contributed by atoms with Crippen LogP contribution in [0.1, 0.15) is 52.1 Å². The van der Waals surface area contributed by atoms with Gasteiger partial charge in [-0.25, -0.2) is 0 Å². The van der Waals surface area contributed by atoms with E-state index in [1.807, 2.05) is 66.7 Å². The van der Waals surface area contributed by atoms with Gasteiger partial charge in [-0.1, -0.05) is 92.7 Å². The van der Waals surface area contributed by atoms with E-state index in [1.54, 1.807) is 48.5 Å². The molecule has 10 heteroatoms. The molecule has 1 unspecified atom stereocenters. The zero-order valence-corrected chi connectivity index (χ0v) is 27.6. The Morgan fingerprint density at radius 3 is 2.00 bits per heavy atom. The third kappa shape index (κ3) is 9.52. The Morgan fingerprint density at radius 2 is 1.37 bits per heavy atom. The molecular weight excluding hydrogens is 637 g/mol. The van der Waals surface area contributed by atoms with Crippen LogP contribution >= 0.6 is 11.8 Å². The molecule has 246 valence electrons. The smallest absolute Gasteiger partial charge is 0.272 e. The molecule has 0 saturated heterocycles. The molecule has 0 aromatic heterocycles. The molecule has 0 bridgehead atoms. The van der Waals surface area contributed by atoms with Crippen LogP contribution in [0.2, 0.25) is 0 Å². The first-order valence-corrected chi connectivity index (χ1v) is 16.4. The summed E-state index contributed by atoms with van der Waals surface area (Å²) in [5.41, 5.74) is 3.94. The number of nitrogens with one attached hydrogen (secondary N) is 3. The molecule has 49 heavy (non-hydrogen) atoms. The normalized spacial score (nSPS) is 11.8. The van der Waals surface area contributed by atoms with Crippen LogP contribution in [0.4, 0.5) is 17.1 Å². The summed E-state index contributed by atoms with van der Waals surface area (Å²) in [6, 6.07) is 38.4. The van der Waals surface area contributed by atoms with Gasteiger partial charge in [-0.15, -0.1) is 11.8 Å². The molecule has 9 nitrogen and oxygen atoms in total. The van der Waals surface area contributed by atoms with E-state index in [4.69, 9.17) is 0 Å². The van der Waals surface area contributed by atoms with Gasteiger partial charge in [0.25, 0.3) is 17.5 Å². The number of anilines is 2. The highest BCUT2D eigenvalue weighted by Crippen LogP contribution is 2.37. The molecule has 5 aromatic carbocycles. The SMILES string of the molecule is CC(C)c1ccc(/C=C(/NC(=O)c2ccccc2)C(=O)Nc2cccc(SC(C(=O)Nc3ccc([N+](=O)[O-])cc3)c3ccccc3)c2)cc1. The lowest BCUT2D eigenvalue weighted by Crippen LogP contribution is -2.30. The second kappa shape index (κ2) is 16.2. The summed E-state index contributed by atoms with van der Waals surface area (Å²) in [6.45, 7) is 4.20. The summed E-state index contributed by atoms with van der Waals surface area (Å²) >= 11 is 1.29. The van der Waals surface area contributed by atoms with Crippen LogP contribution in [-0.4, -0.2) is 22.6 Å². The number of nitro benzene ring substituents is 1. The maximum Gasteiger partial charge on any atom is 0.272 e. The van der Waals surface area contributed by atoms with E-state index < -0.39 is 22.0 Å². The van der Waals surface area contributed by atoms with Crippen LogP contribution in [0.3, 0.4) is 0 Å². The quantitative estimate of drug-likeness (QED) is 0.0528. The minimum Gasteiger partial charge on any atom is -0.325 e. The highest BCUT2D eigenvalue weighted by atomic mass is 32.2. The second-order valence-corrected chi connectivity index (χ2v) is 12.6. The number of benzene rings is 5. The molecule has 0 saturated carbocycles. The molecule has 3 N–H and O–H groups in total. The van der Waals surface area contributed by atoms with Gasteiger partial charge in [0.15, 0.2) is 0 Å². The standard InChI is InChI=1S/C39H34N4O5S/c1-26(2)28-18-16-27(17-19-28)24-35(42-37(44)30-12-7-4-8-13-30)38(45)41-32-14-9-15-34(25-32)49-36(29-10-5-3-6-11-29)39(46)40-31-20-22-33(23-21-31)43(47)48/h3-26,36H,1-2H3,(H,40,46)(H,41,45)(H,42,44)/b35-24+. The first kappa shape index (κ1) is 34.3. The van der Waals surface area contributed by atoms with Crippen LogP contribution in [0, 0.1) is 10.1 Å². The maximum absolute atomic E-state index is 13.7. The van der Waals surface area contributed by atoms with Crippen molar-refractivity contribution in [1.29, 1.82) is 0 Å². The highest BCUT2D eigenvalue weighted by Gasteiger charge is 2.23. The average molecular weight is 671 g/mol. The Hall–Kier alpha value is -6.00. The summed E-state index contributed by atoms with van der Waals surface area (Å²) in [5, 5.41) is 18.9. The Balaban J connectivity index is 1.37. The van der Waals surface area contributed by atoms with Gasteiger partial charge in [0, 0.05) is 34.0 Å². The zero-order chi connectivity index (χ0) is 34.8. The van der Waals surface area contributed by atoms with E-state index in [0.29, 0.717) is 27.8 Å². The summed E-state index contributed by atoms with van der Waals surface area (Å²) in [7, 11) is 0. The molecule has 0 aliphatic carbocycles. The van der Waals surface area contributed by atoms with E-state index in [9.17, 15) is 24.5 Å². The first-order valence-electron chi connectivity index (χ1n) is 15.5. The Bertz CT molecular complexity index is 1960. The number of nitro groups is 1. The molecular formula is C39H34N4O5S. The predicted octanol–water partition coefficient (Wildman–Crippen LogP) is 8.60. The average Bonchev–Trinajstić information content (AvgIpc) is 3.11.